The van der Waals surface area contributed by atoms with Crippen LogP contribution in [0.3, 0.4) is 0 Å². The number of benzene rings is 1. The second-order valence-electron chi connectivity index (χ2n) is 10.2. The number of nitrogens with zero attached hydrogens (tertiary/aromatic N) is 2. The Morgan fingerprint density at radius 1 is 1.08 bits per heavy atom. The van der Waals surface area contributed by atoms with Crippen molar-refractivity contribution >= 4 is 58.2 Å². The van der Waals surface area contributed by atoms with Crippen molar-refractivity contribution in [3.8, 4) is 11.5 Å². The first-order chi connectivity index (χ1) is 18.1. The van der Waals surface area contributed by atoms with E-state index in [0.717, 1.165) is 9.78 Å². The molecule has 2 aliphatic carbocycles. The molecule has 2 aromatic rings. The summed E-state index contributed by atoms with van der Waals surface area (Å²) >= 11 is 15.7. The number of methoxy groups -OCH3 is 1. The van der Waals surface area contributed by atoms with Crippen molar-refractivity contribution in [3.63, 3.8) is 0 Å². The molecule has 3 fully saturated rings. The number of hydrogen-bond acceptors (Lipinski definition) is 7. The quantitative estimate of drug-likeness (QED) is 0.339. The van der Waals surface area contributed by atoms with Gasteiger partial charge in [0.15, 0.2) is 9.75 Å². The number of fused-ring (bicyclic) bond motifs is 4. The monoisotopic (exact) mass is 574 g/mol. The molecule has 8 nitrogen and oxygen atoms in total. The lowest BCUT2D eigenvalue weighted by molar-refractivity contribution is -0.141. The lowest BCUT2D eigenvalue weighted by atomic mass is 9.56. The molecule has 6 rings (SSSR count). The van der Waals surface area contributed by atoms with Crippen molar-refractivity contribution in [2.45, 2.75) is 35.1 Å². The molecule has 2 aliphatic heterocycles. The Morgan fingerprint density at radius 2 is 1.84 bits per heavy atom. The number of imide groups is 2. The van der Waals surface area contributed by atoms with Gasteiger partial charge in [-0.25, -0.2) is 0 Å². The van der Waals surface area contributed by atoms with Gasteiger partial charge in [0.2, 0.25) is 11.8 Å². The van der Waals surface area contributed by atoms with Gasteiger partial charge >= 0.3 is 0 Å². The van der Waals surface area contributed by atoms with E-state index in [-0.39, 0.29) is 48.3 Å². The first kappa shape index (κ1) is 25.4. The summed E-state index contributed by atoms with van der Waals surface area (Å²) in [5.41, 5.74) is 0.820. The molecule has 0 unspecified atom stereocenters. The van der Waals surface area contributed by atoms with Crippen molar-refractivity contribution in [2.24, 2.45) is 17.8 Å². The number of aromatic hydroxyl groups is 1. The van der Waals surface area contributed by atoms with Crippen LogP contribution < -0.4 is 4.74 Å². The molecule has 6 atom stereocenters. The summed E-state index contributed by atoms with van der Waals surface area (Å²) in [5, 5.41) is 12.9. The van der Waals surface area contributed by atoms with E-state index >= 15 is 0 Å². The fourth-order valence-electron chi connectivity index (χ4n) is 6.84. The van der Waals surface area contributed by atoms with E-state index in [2.05, 4.69) is 0 Å². The number of amides is 4. The highest BCUT2D eigenvalue weighted by molar-refractivity contribution is 7.09. The molecule has 0 radical (unpaired) electrons. The molecule has 3 heterocycles. The highest BCUT2D eigenvalue weighted by atomic mass is 35.5. The first-order valence-electron chi connectivity index (χ1n) is 12.2. The Hall–Kier alpha value is -2.88. The van der Waals surface area contributed by atoms with Crippen molar-refractivity contribution in [2.75, 3.05) is 14.2 Å². The predicted octanol–water partition coefficient (Wildman–Crippen LogP) is 3.65. The van der Waals surface area contributed by atoms with Gasteiger partial charge in [-0.3, -0.25) is 29.0 Å². The zero-order chi connectivity index (χ0) is 27.1. The summed E-state index contributed by atoms with van der Waals surface area (Å²) in [6, 6.07) is 8.39. The maximum Gasteiger partial charge on any atom is 0.253 e. The Kier molecular flexibility index (Phi) is 5.72. The average molecular weight is 575 g/mol. The number of likely N-dealkylation sites (tertiary alicyclic amines) is 2. The van der Waals surface area contributed by atoms with Crippen molar-refractivity contribution in [1.82, 2.24) is 9.80 Å². The Morgan fingerprint density at radius 3 is 2.53 bits per heavy atom. The van der Waals surface area contributed by atoms with Crippen LogP contribution in [0.4, 0.5) is 0 Å². The van der Waals surface area contributed by atoms with Crippen LogP contribution in [0.1, 0.15) is 29.2 Å². The SMILES string of the molecule is COc1cccc(O)c1[C@H]1C2=CC[C@@H]3C(=O)N(Cc4cccs4)C(=O)[C@@H]3[C@@H]2C[C@@]2(Cl)C(=O)N(C)C(=O)[C@@]12Cl. The standard InChI is InChI=1S/C27H24Cl2N2O6S/c1-30-24(35)26(28)11-16-14(21(27(26,29)25(30)36)20-17(32)6-3-7-18(20)37-2)8-9-15-19(16)23(34)31(22(15)33)12-13-5-4-10-38-13/h3-8,10,15-16,19,21,32H,9,11-12H2,1-2H3/t15-,16+,19-,21+,26+,27-/m0/s1. The van der Waals surface area contributed by atoms with Crippen LogP contribution in [0.25, 0.3) is 0 Å². The van der Waals surface area contributed by atoms with Gasteiger partial charge in [-0.2, -0.15) is 0 Å². The summed E-state index contributed by atoms with van der Waals surface area (Å²) in [7, 11) is 2.75. The van der Waals surface area contributed by atoms with Gasteiger partial charge in [-0.15, -0.1) is 34.5 Å². The molecule has 4 amide bonds. The Balaban J connectivity index is 1.53. The van der Waals surface area contributed by atoms with E-state index in [1.165, 1.54) is 36.5 Å². The van der Waals surface area contributed by atoms with Crippen LogP contribution in [0, 0.1) is 17.8 Å². The van der Waals surface area contributed by atoms with Crippen LogP contribution in [0.15, 0.2) is 47.4 Å². The molecule has 38 heavy (non-hydrogen) atoms. The smallest absolute Gasteiger partial charge is 0.253 e. The van der Waals surface area contributed by atoms with Gasteiger partial charge in [-0.1, -0.05) is 23.8 Å². The highest BCUT2D eigenvalue weighted by Crippen LogP contribution is 2.66. The van der Waals surface area contributed by atoms with E-state index in [0.29, 0.717) is 5.57 Å². The maximum atomic E-state index is 13.8. The van der Waals surface area contributed by atoms with Crippen molar-refractivity contribution < 1.29 is 29.0 Å². The molecule has 1 saturated carbocycles. The number of phenols is 1. The van der Waals surface area contributed by atoms with Crippen molar-refractivity contribution in [3.05, 3.63) is 57.8 Å². The van der Waals surface area contributed by atoms with Crippen LogP contribution in [-0.4, -0.2) is 62.4 Å². The number of alkyl halides is 2. The van der Waals surface area contributed by atoms with Gasteiger partial charge in [-0.05, 0) is 42.3 Å². The third kappa shape index (κ3) is 3.09. The first-order valence-corrected chi connectivity index (χ1v) is 13.8. The molecule has 2 saturated heterocycles. The summed E-state index contributed by atoms with van der Waals surface area (Å²) in [6.45, 7) is 0.173. The minimum Gasteiger partial charge on any atom is -0.508 e. The van der Waals surface area contributed by atoms with E-state index in [9.17, 15) is 24.3 Å². The van der Waals surface area contributed by atoms with Gasteiger partial charge in [0.25, 0.3) is 11.8 Å². The minimum absolute atomic E-state index is 0.0990. The topological polar surface area (TPSA) is 104 Å². The normalized spacial score (nSPS) is 34.3. The van der Waals surface area contributed by atoms with Crippen LogP contribution in [0.5, 0.6) is 11.5 Å². The van der Waals surface area contributed by atoms with Crippen LogP contribution >= 0.6 is 34.5 Å². The third-order valence-corrected chi connectivity index (χ3v) is 10.8. The second kappa shape index (κ2) is 8.56. The van der Waals surface area contributed by atoms with Crippen LogP contribution in [-0.2, 0) is 25.7 Å². The second-order valence-corrected chi connectivity index (χ2v) is 12.5. The summed E-state index contributed by atoms with van der Waals surface area (Å²) in [6.07, 6.45) is 1.99. The zero-order valence-corrected chi connectivity index (χ0v) is 22.8. The highest BCUT2D eigenvalue weighted by Gasteiger charge is 2.76. The summed E-state index contributed by atoms with van der Waals surface area (Å²) in [5.74, 6) is -4.99. The minimum atomic E-state index is -1.98. The number of thiophene rings is 1. The fourth-order valence-corrected chi connectivity index (χ4v) is 8.54. The molecule has 198 valence electrons. The number of ether oxygens (including phenoxy) is 1. The lowest BCUT2D eigenvalue weighted by Crippen LogP contribution is -2.60. The van der Waals surface area contributed by atoms with Gasteiger partial charge in [0.1, 0.15) is 11.5 Å². The summed E-state index contributed by atoms with van der Waals surface area (Å²) in [4.78, 5) is 53.6. The third-order valence-electron chi connectivity index (χ3n) is 8.55. The van der Waals surface area contributed by atoms with E-state index in [1.54, 1.807) is 12.1 Å². The number of carbonyl (C=O) groups excluding carboxylic acids is 4. The molecule has 1 N–H and O–H groups in total. The number of rotatable bonds is 4. The molecule has 4 aliphatic rings. The molecule has 0 spiro atoms. The van der Waals surface area contributed by atoms with Gasteiger partial charge in [0.05, 0.1) is 25.5 Å². The molecular formula is C27H24Cl2N2O6S. The van der Waals surface area contributed by atoms with E-state index < -0.39 is 45.2 Å². The molecular weight excluding hydrogens is 551 g/mol. The molecule has 11 heteroatoms. The fraction of sp³-hybridized carbons (Fsp3) is 0.407. The Bertz CT molecular complexity index is 1430. The number of carbonyl (C=O) groups is 4. The largest absolute Gasteiger partial charge is 0.508 e. The molecule has 0 bridgehead atoms. The predicted molar refractivity (Wildman–Crippen MR) is 140 cm³/mol. The molecule has 1 aromatic carbocycles. The van der Waals surface area contributed by atoms with Crippen LogP contribution in [0.2, 0.25) is 0 Å². The number of allylic oxidation sites excluding steroid dienone is 2. The summed E-state index contributed by atoms with van der Waals surface area (Å²) < 4.78 is 5.55. The Labute approximate surface area is 232 Å². The average Bonchev–Trinajstić information content (AvgIpc) is 3.54. The van der Waals surface area contributed by atoms with E-state index in [4.69, 9.17) is 27.9 Å². The lowest BCUT2D eigenvalue weighted by Gasteiger charge is -2.51. The van der Waals surface area contributed by atoms with Gasteiger partial charge < -0.3 is 9.84 Å². The van der Waals surface area contributed by atoms with Crippen molar-refractivity contribution in [1.29, 1.82) is 0 Å². The van der Waals surface area contributed by atoms with E-state index in [1.807, 2.05) is 23.6 Å². The number of phenolic OH excluding ortho intramolecular Hbond substituents is 1. The number of halogens is 2. The zero-order valence-electron chi connectivity index (χ0n) is 20.5. The van der Waals surface area contributed by atoms with Gasteiger partial charge in [0, 0.05) is 23.4 Å². The maximum absolute atomic E-state index is 13.8. The number of hydrogen-bond donors (Lipinski definition) is 1. The molecule has 1 aromatic heterocycles.